The normalized spacial score (nSPS) is 10.1. The molecule has 1 heterocycles. The van der Waals surface area contributed by atoms with Crippen molar-refractivity contribution in [3.8, 4) is 0 Å². The third kappa shape index (κ3) is 2.75. The number of rotatable bonds is 3. The second-order valence-corrected chi connectivity index (χ2v) is 3.93. The first kappa shape index (κ1) is 12.3. The minimum atomic E-state index is -0.199. The first-order valence-corrected chi connectivity index (χ1v) is 5.64. The van der Waals surface area contributed by atoms with Crippen LogP contribution in [0.25, 0.3) is 0 Å². The Balaban J connectivity index is 2.07. The summed E-state index contributed by atoms with van der Waals surface area (Å²) < 4.78 is 0. The van der Waals surface area contributed by atoms with Gasteiger partial charge in [-0.15, -0.1) is 0 Å². The standard InChI is InChI=1S/C12H11ClN4O/c13-10-9(11(14)17-7-16-10)6-15-12(18)8-4-2-1-3-5-8/h1-5,7H,6H2,(H,15,18)(H2,14,16,17). The van der Waals surface area contributed by atoms with Crippen LogP contribution < -0.4 is 11.1 Å². The van der Waals surface area contributed by atoms with Crippen molar-refractivity contribution in [3.63, 3.8) is 0 Å². The number of anilines is 1. The Bertz CT molecular complexity index is 539. The monoisotopic (exact) mass is 262 g/mol. The Hall–Kier alpha value is -2.14. The van der Waals surface area contributed by atoms with Gasteiger partial charge in [-0.2, -0.15) is 0 Å². The zero-order chi connectivity index (χ0) is 13.0. The largest absolute Gasteiger partial charge is 0.383 e. The molecule has 92 valence electrons. The minimum absolute atomic E-state index is 0.194. The zero-order valence-electron chi connectivity index (χ0n) is 9.43. The van der Waals surface area contributed by atoms with Crippen molar-refractivity contribution < 1.29 is 4.79 Å². The number of hydrogen-bond donors (Lipinski definition) is 2. The fourth-order valence-corrected chi connectivity index (χ4v) is 1.63. The predicted molar refractivity (Wildman–Crippen MR) is 69.1 cm³/mol. The lowest BCUT2D eigenvalue weighted by Crippen LogP contribution is -2.23. The van der Waals surface area contributed by atoms with E-state index in [1.165, 1.54) is 6.33 Å². The van der Waals surface area contributed by atoms with E-state index >= 15 is 0 Å². The van der Waals surface area contributed by atoms with Crippen LogP contribution in [0.15, 0.2) is 36.7 Å². The lowest BCUT2D eigenvalue weighted by Gasteiger charge is -2.08. The third-order valence-corrected chi connectivity index (χ3v) is 2.71. The fraction of sp³-hybridized carbons (Fsp3) is 0.0833. The van der Waals surface area contributed by atoms with Gasteiger partial charge in [0.1, 0.15) is 17.3 Å². The van der Waals surface area contributed by atoms with Gasteiger partial charge in [-0.25, -0.2) is 9.97 Å². The van der Waals surface area contributed by atoms with E-state index in [2.05, 4.69) is 15.3 Å². The molecule has 0 aliphatic carbocycles. The predicted octanol–water partition coefficient (Wildman–Crippen LogP) is 1.64. The molecule has 2 aromatic rings. The minimum Gasteiger partial charge on any atom is -0.383 e. The van der Waals surface area contributed by atoms with Crippen LogP contribution in [0.2, 0.25) is 5.15 Å². The molecule has 5 nitrogen and oxygen atoms in total. The number of nitrogen functional groups attached to an aromatic ring is 1. The van der Waals surface area contributed by atoms with Crippen LogP contribution in [0.5, 0.6) is 0 Å². The molecule has 0 aliphatic heterocycles. The van der Waals surface area contributed by atoms with E-state index in [0.29, 0.717) is 11.1 Å². The number of nitrogens with two attached hydrogens (primary N) is 1. The molecule has 0 fully saturated rings. The summed E-state index contributed by atoms with van der Waals surface area (Å²) in [4.78, 5) is 19.4. The van der Waals surface area contributed by atoms with E-state index in [0.717, 1.165) is 0 Å². The van der Waals surface area contributed by atoms with Gasteiger partial charge >= 0.3 is 0 Å². The van der Waals surface area contributed by atoms with Gasteiger partial charge in [0, 0.05) is 12.1 Å². The Kier molecular flexibility index (Phi) is 3.74. The Morgan fingerprint density at radius 3 is 2.67 bits per heavy atom. The molecule has 0 unspecified atom stereocenters. The molecule has 0 aliphatic rings. The van der Waals surface area contributed by atoms with E-state index in [-0.39, 0.29) is 23.4 Å². The number of benzene rings is 1. The highest BCUT2D eigenvalue weighted by atomic mass is 35.5. The molecule has 0 saturated carbocycles. The van der Waals surface area contributed by atoms with Crippen molar-refractivity contribution in [2.24, 2.45) is 0 Å². The van der Waals surface area contributed by atoms with Crippen LogP contribution in [0.3, 0.4) is 0 Å². The van der Waals surface area contributed by atoms with Crippen molar-refractivity contribution in [2.45, 2.75) is 6.54 Å². The molecule has 1 amide bonds. The number of amides is 1. The first-order valence-electron chi connectivity index (χ1n) is 5.26. The molecule has 1 aromatic heterocycles. The lowest BCUT2D eigenvalue weighted by molar-refractivity contribution is 0.0951. The Morgan fingerprint density at radius 2 is 2.00 bits per heavy atom. The zero-order valence-corrected chi connectivity index (χ0v) is 10.2. The van der Waals surface area contributed by atoms with Crippen molar-refractivity contribution in [3.05, 3.63) is 52.9 Å². The highest BCUT2D eigenvalue weighted by molar-refractivity contribution is 6.30. The maximum atomic E-state index is 11.8. The molecule has 18 heavy (non-hydrogen) atoms. The summed E-state index contributed by atoms with van der Waals surface area (Å²) in [6, 6.07) is 8.88. The van der Waals surface area contributed by atoms with Gasteiger partial charge in [0.2, 0.25) is 0 Å². The maximum absolute atomic E-state index is 11.8. The van der Waals surface area contributed by atoms with E-state index in [9.17, 15) is 4.79 Å². The van der Waals surface area contributed by atoms with Gasteiger partial charge in [0.15, 0.2) is 0 Å². The SMILES string of the molecule is Nc1ncnc(Cl)c1CNC(=O)c1ccccc1. The van der Waals surface area contributed by atoms with Crippen LogP contribution in [0.4, 0.5) is 5.82 Å². The molecule has 0 atom stereocenters. The first-order chi connectivity index (χ1) is 8.68. The summed E-state index contributed by atoms with van der Waals surface area (Å²) in [5.41, 5.74) is 6.75. The van der Waals surface area contributed by atoms with E-state index in [4.69, 9.17) is 17.3 Å². The topological polar surface area (TPSA) is 80.9 Å². The second kappa shape index (κ2) is 5.46. The summed E-state index contributed by atoms with van der Waals surface area (Å²) >= 11 is 5.88. The second-order valence-electron chi connectivity index (χ2n) is 3.58. The van der Waals surface area contributed by atoms with Gasteiger partial charge in [0.25, 0.3) is 5.91 Å². The number of carbonyl (C=O) groups is 1. The molecule has 6 heteroatoms. The van der Waals surface area contributed by atoms with Crippen molar-refractivity contribution in [2.75, 3.05) is 5.73 Å². The summed E-state index contributed by atoms with van der Waals surface area (Å²) in [5.74, 6) is 0.0679. The lowest BCUT2D eigenvalue weighted by atomic mass is 10.2. The summed E-state index contributed by atoms with van der Waals surface area (Å²) in [5, 5.41) is 2.96. The fourth-order valence-electron chi connectivity index (χ4n) is 1.43. The van der Waals surface area contributed by atoms with Crippen LogP contribution in [-0.2, 0) is 6.54 Å². The highest BCUT2D eigenvalue weighted by Gasteiger charge is 2.09. The summed E-state index contributed by atoms with van der Waals surface area (Å²) in [6.45, 7) is 0.194. The molecule has 2 rings (SSSR count). The molecule has 0 bridgehead atoms. The van der Waals surface area contributed by atoms with E-state index < -0.39 is 0 Å². The number of carbonyl (C=O) groups excluding carboxylic acids is 1. The van der Waals surface area contributed by atoms with Crippen LogP contribution in [0, 0.1) is 0 Å². The van der Waals surface area contributed by atoms with Crippen LogP contribution in [0.1, 0.15) is 15.9 Å². The summed E-state index contributed by atoms with van der Waals surface area (Å²) in [6.07, 6.45) is 1.28. The number of nitrogens with one attached hydrogen (secondary N) is 1. The van der Waals surface area contributed by atoms with Gasteiger partial charge in [0.05, 0.1) is 5.56 Å². The molecular weight excluding hydrogens is 252 g/mol. The average Bonchev–Trinajstić information content (AvgIpc) is 2.39. The van der Waals surface area contributed by atoms with Gasteiger partial charge in [-0.05, 0) is 12.1 Å². The average molecular weight is 263 g/mol. The van der Waals surface area contributed by atoms with E-state index in [1.54, 1.807) is 24.3 Å². The molecule has 0 spiro atoms. The number of hydrogen-bond acceptors (Lipinski definition) is 4. The third-order valence-electron chi connectivity index (χ3n) is 2.39. The van der Waals surface area contributed by atoms with Crippen molar-refractivity contribution >= 4 is 23.3 Å². The van der Waals surface area contributed by atoms with Gasteiger partial charge in [-0.3, -0.25) is 4.79 Å². The number of aromatic nitrogens is 2. The van der Waals surface area contributed by atoms with Crippen LogP contribution in [-0.4, -0.2) is 15.9 Å². The molecular formula is C12H11ClN4O. The quantitative estimate of drug-likeness (QED) is 0.824. The van der Waals surface area contributed by atoms with Crippen molar-refractivity contribution in [1.29, 1.82) is 0 Å². The van der Waals surface area contributed by atoms with Gasteiger partial charge in [-0.1, -0.05) is 29.8 Å². The molecule has 1 aromatic carbocycles. The Labute approximate surface area is 109 Å². The molecule has 3 N–H and O–H groups in total. The Morgan fingerprint density at radius 1 is 1.28 bits per heavy atom. The summed E-state index contributed by atoms with van der Waals surface area (Å²) in [7, 11) is 0. The molecule has 0 radical (unpaired) electrons. The number of nitrogens with zero attached hydrogens (tertiary/aromatic N) is 2. The number of halogens is 1. The smallest absolute Gasteiger partial charge is 0.251 e. The van der Waals surface area contributed by atoms with Crippen molar-refractivity contribution in [1.82, 2.24) is 15.3 Å². The van der Waals surface area contributed by atoms with Crippen LogP contribution >= 0.6 is 11.6 Å². The highest BCUT2D eigenvalue weighted by Crippen LogP contribution is 2.16. The molecule has 0 saturated heterocycles. The maximum Gasteiger partial charge on any atom is 0.251 e. The van der Waals surface area contributed by atoms with E-state index in [1.807, 2.05) is 6.07 Å². The van der Waals surface area contributed by atoms with Gasteiger partial charge < -0.3 is 11.1 Å².